The molecule has 1 aromatic rings. The second-order valence-electron chi connectivity index (χ2n) is 3.07. The number of rotatable bonds is 5. The van der Waals surface area contributed by atoms with Crippen molar-refractivity contribution in [2.75, 3.05) is 0 Å². The van der Waals surface area contributed by atoms with Gasteiger partial charge in [-0.2, -0.15) is 0 Å². The van der Waals surface area contributed by atoms with Gasteiger partial charge in [0.05, 0.1) is 6.33 Å². The van der Waals surface area contributed by atoms with Crippen LogP contribution < -0.4 is 9.98 Å². The summed E-state index contributed by atoms with van der Waals surface area (Å²) in [7, 11) is -7.56. The van der Waals surface area contributed by atoms with Gasteiger partial charge in [-0.15, -0.1) is 0 Å². The van der Waals surface area contributed by atoms with Gasteiger partial charge in [0.1, 0.15) is 0 Å². The first-order valence-corrected chi connectivity index (χ1v) is 7.22. The molecule has 0 spiro atoms. The van der Waals surface area contributed by atoms with Gasteiger partial charge in [-0.25, -0.2) is 9.55 Å². The maximum atomic E-state index is 10.6. The highest BCUT2D eigenvalue weighted by atomic mass is 31.2. The molecule has 2 atom stereocenters. The summed E-state index contributed by atoms with van der Waals surface area (Å²) >= 11 is 0. The molecule has 0 aromatic carbocycles. The molecule has 1 heterocycles. The molecular weight excluding hydrogens is 304 g/mol. The Kier molecular flexibility index (Phi) is 7.57. The molecule has 0 radical (unpaired) electrons. The zero-order valence-corrected chi connectivity index (χ0v) is 11.0. The average Bonchev–Trinajstić information content (AvgIpc) is 2.65. The highest BCUT2D eigenvalue weighted by Crippen LogP contribution is 2.25. The number of H-pyrrole nitrogens is 1. The summed E-state index contributed by atoms with van der Waals surface area (Å²) in [6, 6.07) is -1.16. The lowest BCUT2D eigenvalue weighted by Gasteiger charge is -2.06. The molecular formula is C6H11N3O8P2. The quantitative estimate of drug-likeness (QED) is 0.333. The molecule has 0 amide bonds. The fourth-order valence-corrected chi connectivity index (χ4v) is 1.39. The molecule has 1 rings (SSSR count). The molecule has 11 nitrogen and oxygen atoms in total. The van der Waals surface area contributed by atoms with E-state index in [1.165, 1.54) is 12.5 Å². The van der Waals surface area contributed by atoms with Crippen LogP contribution in [0.1, 0.15) is 5.69 Å². The predicted molar refractivity (Wildman–Crippen MR) is 58.7 cm³/mol. The lowest BCUT2D eigenvalue weighted by Crippen LogP contribution is -2.35. The third-order valence-corrected chi connectivity index (χ3v) is 2.06. The first-order chi connectivity index (χ1) is 8.59. The summed E-state index contributed by atoms with van der Waals surface area (Å²) in [6.45, 7) is 0. The van der Waals surface area contributed by atoms with Crippen molar-refractivity contribution >= 4 is 22.0 Å². The maximum absolute atomic E-state index is 10.6. The number of imidazole rings is 1. The number of hydrogen-bond donors (Lipinski definition) is 6. The number of aliphatic carboxylic acids is 1. The lowest BCUT2D eigenvalue weighted by molar-refractivity contribution is -0.169. The van der Waals surface area contributed by atoms with E-state index < -0.39 is 28.0 Å². The number of aromatic nitrogens is 2. The van der Waals surface area contributed by atoms with E-state index in [1.54, 1.807) is 0 Å². The van der Waals surface area contributed by atoms with E-state index in [9.17, 15) is 14.3 Å². The minimum Gasteiger partial charge on any atom is -0.578 e. The molecule has 0 saturated carbocycles. The Bertz CT molecular complexity index is 449. The third kappa shape index (κ3) is 11.6. The van der Waals surface area contributed by atoms with Crippen LogP contribution in [0.15, 0.2) is 12.5 Å². The van der Waals surface area contributed by atoms with E-state index in [0.717, 1.165) is 0 Å². The number of aromatic amines is 1. The van der Waals surface area contributed by atoms with E-state index in [4.69, 9.17) is 24.4 Å². The number of nitrogens with one attached hydrogen (secondary N) is 2. The van der Waals surface area contributed by atoms with Crippen molar-refractivity contribution in [1.82, 2.24) is 15.1 Å². The summed E-state index contributed by atoms with van der Waals surface area (Å²) in [5.74, 6) is -1.22. The number of carboxylic acids is 1. The molecule has 0 aliphatic rings. The van der Waals surface area contributed by atoms with Crippen molar-refractivity contribution in [3.63, 3.8) is 0 Å². The lowest BCUT2D eigenvalue weighted by atomic mass is 10.2. The van der Waals surface area contributed by atoms with Crippen LogP contribution in [0.3, 0.4) is 0 Å². The van der Waals surface area contributed by atoms with Gasteiger partial charge >= 0.3 is 22.0 Å². The molecule has 2 unspecified atom stereocenters. The van der Waals surface area contributed by atoms with Crippen molar-refractivity contribution < 1.29 is 38.6 Å². The van der Waals surface area contributed by atoms with Crippen molar-refractivity contribution in [3.05, 3.63) is 18.2 Å². The molecule has 6 N–H and O–H groups in total. The smallest absolute Gasteiger partial charge is 0.466 e. The van der Waals surface area contributed by atoms with Crippen molar-refractivity contribution in [2.45, 2.75) is 12.5 Å². The molecule has 0 aliphatic heterocycles. The standard InChI is InChI=1S/C6H8N3O4P.H3O4P/c10-6(11)5(9-14(12)13)1-4-2-7-3-8-4;1-5(2,3)4/h2-3,5H,1H2,(H,7,8)(H,10,11)(H,9,12,13);(H3,1,2,3,4). The van der Waals surface area contributed by atoms with Crippen molar-refractivity contribution in [1.29, 1.82) is 0 Å². The van der Waals surface area contributed by atoms with Crippen LogP contribution in [-0.2, 0) is 20.3 Å². The van der Waals surface area contributed by atoms with Gasteiger partial charge in [-0.3, -0.25) is 4.79 Å². The first-order valence-electron chi connectivity index (χ1n) is 4.48. The summed E-state index contributed by atoms with van der Waals surface area (Å²) < 4.78 is 19.2. The second-order valence-corrected chi connectivity index (χ2v) is 4.87. The van der Waals surface area contributed by atoms with E-state index >= 15 is 0 Å². The van der Waals surface area contributed by atoms with E-state index in [0.29, 0.717) is 5.69 Å². The second kappa shape index (κ2) is 8.08. The monoisotopic (exact) mass is 315 g/mol. The molecule has 108 valence electrons. The number of phosphoric acid groups is 1. The third-order valence-electron chi connectivity index (χ3n) is 1.54. The van der Waals surface area contributed by atoms with Gasteiger partial charge in [-0.1, -0.05) is 9.65 Å². The van der Waals surface area contributed by atoms with Gasteiger partial charge < -0.3 is 29.7 Å². The Hall–Kier alpha value is -1.19. The van der Waals surface area contributed by atoms with Crippen LogP contribution >= 0.6 is 16.0 Å². The number of carboxylic acid groups (broad SMARTS) is 1. The number of hydrogen-bond acceptors (Lipinski definition) is 5. The van der Waals surface area contributed by atoms with Gasteiger partial charge in [0.15, 0.2) is 6.04 Å². The number of carbonyl (C=O) groups is 1. The summed E-state index contributed by atoms with van der Waals surface area (Å²) in [5, 5.41) is 10.6. The molecule has 0 aliphatic carbocycles. The zero-order chi connectivity index (χ0) is 15.1. The van der Waals surface area contributed by atoms with E-state index in [-0.39, 0.29) is 6.42 Å². The maximum Gasteiger partial charge on any atom is 0.466 e. The SMILES string of the molecule is O=C(O)C(Cc1cnc[nH]1)N[P+](=O)[O-].O=P(O)(O)O. The highest BCUT2D eigenvalue weighted by Gasteiger charge is 2.23. The van der Waals surface area contributed by atoms with Gasteiger partial charge in [0, 0.05) is 18.3 Å². The Morgan fingerprint density at radius 2 is 2.11 bits per heavy atom. The highest BCUT2D eigenvalue weighted by molar-refractivity contribution is 7.45. The van der Waals surface area contributed by atoms with E-state index in [1.807, 2.05) is 5.09 Å². The van der Waals surface area contributed by atoms with Crippen LogP contribution in [0.4, 0.5) is 0 Å². The Balaban J connectivity index is 0.000000555. The molecule has 19 heavy (non-hydrogen) atoms. The summed E-state index contributed by atoms with van der Waals surface area (Å²) in [6.07, 6.45) is 2.87. The molecule has 0 bridgehead atoms. The van der Waals surface area contributed by atoms with Gasteiger partial charge in [0.25, 0.3) is 0 Å². The minimum atomic E-state index is -4.64. The van der Waals surface area contributed by atoms with Crippen LogP contribution in [-0.4, -0.2) is 41.8 Å². The summed E-state index contributed by atoms with van der Waals surface area (Å²) in [5.41, 5.74) is 0.557. The first kappa shape index (κ1) is 17.8. The predicted octanol–water partition coefficient (Wildman–Crippen LogP) is -1.92. The van der Waals surface area contributed by atoms with Gasteiger partial charge in [0.2, 0.25) is 0 Å². The Morgan fingerprint density at radius 3 is 2.42 bits per heavy atom. The normalized spacial score (nSPS) is 13.2. The zero-order valence-electron chi connectivity index (χ0n) is 9.20. The topological polar surface area (TPSA) is 196 Å². The largest absolute Gasteiger partial charge is 0.578 e. The molecule has 1 aromatic heterocycles. The minimum absolute atomic E-state index is 0.0403. The fourth-order valence-electron chi connectivity index (χ4n) is 0.932. The Labute approximate surface area is 107 Å². The van der Waals surface area contributed by atoms with Crippen molar-refractivity contribution in [3.8, 4) is 0 Å². The van der Waals surface area contributed by atoms with Crippen LogP contribution in [0.25, 0.3) is 0 Å². The number of nitrogens with zero attached hydrogens (tertiary/aromatic N) is 1. The van der Waals surface area contributed by atoms with E-state index in [2.05, 4.69) is 9.97 Å². The van der Waals surface area contributed by atoms with Gasteiger partial charge in [-0.05, 0) is 0 Å². The van der Waals surface area contributed by atoms with Crippen molar-refractivity contribution in [2.24, 2.45) is 0 Å². The summed E-state index contributed by atoms with van der Waals surface area (Å²) in [4.78, 5) is 48.8. The van der Waals surface area contributed by atoms with Crippen LogP contribution in [0, 0.1) is 0 Å². The van der Waals surface area contributed by atoms with Crippen LogP contribution in [0.5, 0.6) is 0 Å². The molecule has 13 heteroatoms. The average molecular weight is 315 g/mol. The fraction of sp³-hybridized carbons (Fsp3) is 0.333. The Morgan fingerprint density at radius 1 is 1.58 bits per heavy atom. The molecule has 0 fully saturated rings. The van der Waals surface area contributed by atoms with Crippen LogP contribution in [0.2, 0.25) is 0 Å². The molecule has 0 saturated heterocycles.